The zero-order valence-corrected chi connectivity index (χ0v) is 17.8. The average molecular weight is 447 g/mol. The maximum absolute atomic E-state index is 12.1. The molecule has 0 bridgehead atoms. The molecule has 1 aliphatic carbocycles. The van der Waals surface area contributed by atoms with Crippen molar-refractivity contribution < 1.29 is 14.5 Å². The van der Waals surface area contributed by atoms with E-state index < -0.39 is 11.0 Å². The van der Waals surface area contributed by atoms with E-state index in [1.54, 1.807) is 6.07 Å². The van der Waals surface area contributed by atoms with Crippen LogP contribution in [0, 0.1) is 22.0 Å². The number of fused-ring (bicyclic) bond motifs is 3. The SMILES string of the molecule is O=C(NCCC#Cc1ccc(Cl)c([N+](=O)[O-])c1)OCC1c2ccccc2-c2ccccc21. The fraction of sp³-hybridized carbons (Fsp3) is 0.160. The van der Waals surface area contributed by atoms with E-state index in [0.717, 1.165) is 11.1 Å². The Bertz CT molecular complexity index is 1200. The zero-order valence-electron chi connectivity index (χ0n) is 17.0. The molecule has 32 heavy (non-hydrogen) atoms. The first kappa shape index (κ1) is 21.4. The Hall–Kier alpha value is -3.82. The second kappa shape index (κ2) is 9.54. The van der Waals surface area contributed by atoms with Gasteiger partial charge >= 0.3 is 6.09 Å². The summed E-state index contributed by atoms with van der Waals surface area (Å²) in [6.07, 6.45) is -0.128. The molecule has 0 atom stereocenters. The molecule has 0 fully saturated rings. The Morgan fingerprint density at radius 1 is 1.06 bits per heavy atom. The number of amides is 1. The van der Waals surface area contributed by atoms with Crippen molar-refractivity contribution in [2.75, 3.05) is 13.2 Å². The van der Waals surface area contributed by atoms with E-state index >= 15 is 0 Å². The van der Waals surface area contributed by atoms with Crippen LogP contribution in [0.4, 0.5) is 10.5 Å². The lowest BCUT2D eigenvalue weighted by Gasteiger charge is -2.14. The number of benzene rings is 3. The smallest absolute Gasteiger partial charge is 0.407 e. The van der Waals surface area contributed by atoms with Crippen LogP contribution in [0.25, 0.3) is 11.1 Å². The van der Waals surface area contributed by atoms with Gasteiger partial charge in [0.25, 0.3) is 5.69 Å². The molecule has 0 aromatic heterocycles. The lowest BCUT2D eigenvalue weighted by Crippen LogP contribution is -2.26. The molecule has 4 rings (SSSR count). The highest BCUT2D eigenvalue weighted by molar-refractivity contribution is 6.32. The minimum Gasteiger partial charge on any atom is -0.449 e. The number of carbonyl (C=O) groups excluding carboxylic acids is 1. The van der Waals surface area contributed by atoms with Gasteiger partial charge in [-0.3, -0.25) is 10.1 Å². The Labute approximate surface area is 190 Å². The van der Waals surface area contributed by atoms with Crippen molar-refractivity contribution in [1.82, 2.24) is 5.32 Å². The number of nitro groups is 1. The minimum absolute atomic E-state index is 0.00800. The molecule has 7 heteroatoms. The van der Waals surface area contributed by atoms with Crippen LogP contribution < -0.4 is 5.32 Å². The van der Waals surface area contributed by atoms with E-state index in [0.29, 0.717) is 18.5 Å². The Balaban J connectivity index is 1.29. The van der Waals surface area contributed by atoms with E-state index in [9.17, 15) is 14.9 Å². The molecule has 160 valence electrons. The topological polar surface area (TPSA) is 81.5 Å². The van der Waals surface area contributed by atoms with Gasteiger partial charge in [-0.25, -0.2) is 4.79 Å². The van der Waals surface area contributed by atoms with Gasteiger partial charge in [-0.1, -0.05) is 72.0 Å². The first-order valence-corrected chi connectivity index (χ1v) is 10.4. The molecule has 0 saturated carbocycles. The summed E-state index contributed by atoms with van der Waals surface area (Å²) in [5.41, 5.74) is 4.97. The van der Waals surface area contributed by atoms with Crippen molar-refractivity contribution in [2.24, 2.45) is 0 Å². The van der Waals surface area contributed by atoms with Gasteiger partial charge in [-0.05, 0) is 34.4 Å². The van der Waals surface area contributed by atoms with Crippen molar-refractivity contribution in [1.29, 1.82) is 0 Å². The lowest BCUT2D eigenvalue weighted by molar-refractivity contribution is -0.384. The predicted octanol–water partition coefficient (Wildman–Crippen LogP) is 5.53. The van der Waals surface area contributed by atoms with E-state index in [1.165, 1.54) is 23.3 Å². The Morgan fingerprint density at radius 3 is 2.38 bits per heavy atom. The molecule has 0 spiro atoms. The second-order valence-electron chi connectivity index (χ2n) is 7.23. The number of nitrogens with zero attached hydrogens (tertiary/aromatic N) is 1. The van der Waals surface area contributed by atoms with Crippen LogP contribution in [-0.4, -0.2) is 24.2 Å². The number of ether oxygens (including phenoxy) is 1. The summed E-state index contributed by atoms with van der Waals surface area (Å²) >= 11 is 5.79. The molecule has 1 aliphatic rings. The molecule has 3 aromatic carbocycles. The van der Waals surface area contributed by atoms with Gasteiger partial charge in [-0.2, -0.15) is 0 Å². The molecule has 3 aromatic rings. The fourth-order valence-corrected chi connectivity index (χ4v) is 3.96. The van der Waals surface area contributed by atoms with Crippen LogP contribution in [0.15, 0.2) is 66.7 Å². The van der Waals surface area contributed by atoms with E-state index in [2.05, 4.69) is 41.4 Å². The number of nitro benzene ring substituents is 1. The number of alkyl carbamates (subject to hydrolysis) is 1. The van der Waals surface area contributed by atoms with Crippen molar-refractivity contribution >= 4 is 23.4 Å². The van der Waals surface area contributed by atoms with Gasteiger partial charge in [0.1, 0.15) is 11.6 Å². The Morgan fingerprint density at radius 2 is 1.72 bits per heavy atom. The second-order valence-corrected chi connectivity index (χ2v) is 7.63. The molecule has 0 aliphatic heterocycles. The Kier molecular flexibility index (Phi) is 6.39. The molecule has 1 N–H and O–H groups in total. The van der Waals surface area contributed by atoms with Crippen molar-refractivity contribution in [3.63, 3.8) is 0 Å². The maximum Gasteiger partial charge on any atom is 0.407 e. The fourth-order valence-electron chi connectivity index (χ4n) is 3.77. The van der Waals surface area contributed by atoms with Gasteiger partial charge in [-0.15, -0.1) is 0 Å². The van der Waals surface area contributed by atoms with E-state index in [-0.39, 0.29) is 23.2 Å². The van der Waals surface area contributed by atoms with Crippen molar-refractivity contribution in [3.8, 4) is 23.0 Å². The third-order valence-electron chi connectivity index (χ3n) is 5.24. The molecule has 0 saturated heterocycles. The van der Waals surface area contributed by atoms with Crippen LogP contribution in [0.1, 0.15) is 29.0 Å². The number of halogens is 1. The third kappa shape index (κ3) is 4.58. The molecule has 0 radical (unpaired) electrons. The minimum atomic E-state index is -0.549. The zero-order chi connectivity index (χ0) is 22.5. The number of carbonyl (C=O) groups is 1. The van der Waals surface area contributed by atoms with Crippen LogP contribution in [0.5, 0.6) is 0 Å². The molecular weight excluding hydrogens is 428 g/mol. The summed E-state index contributed by atoms with van der Waals surface area (Å²) in [5, 5.41) is 13.7. The van der Waals surface area contributed by atoms with Gasteiger partial charge in [0.2, 0.25) is 0 Å². The van der Waals surface area contributed by atoms with Crippen molar-refractivity contribution in [3.05, 3.63) is 98.6 Å². The highest BCUT2D eigenvalue weighted by atomic mass is 35.5. The molecule has 0 heterocycles. The monoisotopic (exact) mass is 446 g/mol. The number of hydrogen-bond acceptors (Lipinski definition) is 4. The molecule has 1 amide bonds. The van der Waals surface area contributed by atoms with Gasteiger partial charge in [0.15, 0.2) is 0 Å². The summed E-state index contributed by atoms with van der Waals surface area (Å²) in [6, 6.07) is 20.7. The number of rotatable bonds is 5. The molecule has 6 nitrogen and oxygen atoms in total. The van der Waals surface area contributed by atoms with E-state index in [1.807, 2.05) is 24.3 Å². The van der Waals surface area contributed by atoms with Gasteiger partial charge in [0, 0.05) is 30.5 Å². The predicted molar refractivity (Wildman–Crippen MR) is 123 cm³/mol. The first-order valence-electron chi connectivity index (χ1n) is 10.1. The summed E-state index contributed by atoms with van der Waals surface area (Å²) in [4.78, 5) is 22.5. The summed E-state index contributed by atoms with van der Waals surface area (Å²) in [5.74, 6) is 5.72. The van der Waals surface area contributed by atoms with Crippen LogP contribution in [-0.2, 0) is 4.74 Å². The number of nitrogens with one attached hydrogen (secondary N) is 1. The number of hydrogen-bond donors (Lipinski definition) is 1. The lowest BCUT2D eigenvalue weighted by atomic mass is 9.98. The largest absolute Gasteiger partial charge is 0.449 e. The normalized spacial score (nSPS) is 11.7. The van der Waals surface area contributed by atoms with Crippen LogP contribution in [0.2, 0.25) is 5.02 Å². The average Bonchev–Trinajstić information content (AvgIpc) is 3.12. The van der Waals surface area contributed by atoms with Crippen LogP contribution >= 0.6 is 11.6 Å². The standard InChI is InChI=1S/C25H19ClN2O4/c26-23-13-12-17(15-24(23)28(30)31)7-5-6-14-27-25(29)32-16-22-20-10-3-1-8-18(20)19-9-2-4-11-21(19)22/h1-4,8-13,15,22H,6,14,16H2,(H,27,29). The van der Waals surface area contributed by atoms with Crippen LogP contribution in [0.3, 0.4) is 0 Å². The summed E-state index contributed by atoms with van der Waals surface area (Å²) in [6.45, 7) is 0.555. The van der Waals surface area contributed by atoms with Gasteiger partial charge in [0.05, 0.1) is 4.92 Å². The van der Waals surface area contributed by atoms with Crippen molar-refractivity contribution in [2.45, 2.75) is 12.3 Å². The third-order valence-corrected chi connectivity index (χ3v) is 5.56. The van der Waals surface area contributed by atoms with Gasteiger partial charge < -0.3 is 10.1 Å². The van der Waals surface area contributed by atoms with E-state index in [4.69, 9.17) is 16.3 Å². The molecule has 0 unspecified atom stereocenters. The highest BCUT2D eigenvalue weighted by Crippen LogP contribution is 2.44. The first-order chi connectivity index (χ1) is 15.5. The molecular formula is C25H19ClN2O4. The summed E-state index contributed by atoms with van der Waals surface area (Å²) in [7, 11) is 0. The quantitative estimate of drug-likeness (QED) is 0.242. The summed E-state index contributed by atoms with van der Waals surface area (Å²) < 4.78 is 5.47. The highest BCUT2D eigenvalue weighted by Gasteiger charge is 2.28. The maximum atomic E-state index is 12.1.